The Bertz CT molecular complexity index is 1050. The van der Waals surface area contributed by atoms with Gasteiger partial charge in [0, 0.05) is 19.7 Å². The predicted molar refractivity (Wildman–Crippen MR) is 127 cm³/mol. The smallest absolute Gasteiger partial charge is 0.341 e. The second-order valence-corrected chi connectivity index (χ2v) is 9.30. The molecule has 29 heavy (non-hydrogen) atoms. The summed E-state index contributed by atoms with van der Waals surface area (Å²) in [5.41, 5.74) is 2.28. The van der Waals surface area contributed by atoms with Gasteiger partial charge in [-0.05, 0) is 68.0 Å². The van der Waals surface area contributed by atoms with E-state index in [1.54, 1.807) is 11.8 Å². The maximum absolute atomic E-state index is 12.2. The van der Waals surface area contributed by atoms with E-state index < -0.39 is 0 Å². The van der Waals surface area contributed by atoms with Crippen LogP contribution in [0.25, 0.3) is 0 Å². The minimum absolute atomic E-state index is 0.379. The third kappa shape index (κ3) is 5.30. The van der Waals surface area contributed by atoms with Crippen molar-refractivity contribution >= 4 is 68.7 Å². The van der Waals surface area contributed by atoms with Gasteiger partial charge in [0.15, 0.2) is 5.11 Å². The van der Waals surface area contributed by atoms with Gasteiger partial charge in [-0.3, -0.25) is 0 Å². The topological polar surface area (TPSA) is 50.4 Å². The molecule has 8 heteroatoms. The molecule has 4 nitrogen and oxygen atoms in total. The number of benzene rings is 2. The quantitative estimate of drug-likeness (QED) is 0.322. The number of ether oxygens (including phenoxy) is 1. The van der Waals surface area contributed by atoms with Crippen molar-refractivity contribution in [2.24, 2.45) is 0 Å². The van der Waals surface area contributed by atoms with Crippen molar-refractivity contribution in [2.75, 3.05) is 17.7 Å². The highest BCUT2D eigenvalue weighted by Crippen LogP contribution is 2.35. The lowest BCUT2D eigenvalue weighted by atomic mass is 10.1. The summed E-state index contributed by atoms with van der Waals surface area (Å²) in [6.45, 7) is 3.87. The average molecular weight is 463 g/mol. The zero-order valence-electron chi connectivity index (χ0n) is 16.0. The van der Waals surface area contributed by atoms with Gasteiger partial charge in [0.2, 0.25) is 0 Å². The first-order valence-electron chi connectivity index (χ1n) is 8.67. The maximum atomic E-state index is 12.2. The number of esters is 1. The lowest BCUT2D eigenvalue weighted by Crippen LogP contribution is -2.20. The number of thiophene rings is 1. The Labute approximate surface area is 188 Å². The monoisotopic (exact) mass is 462 g/mol. The predicted octanol–water partition coefficient (Wildman–Crippen LogP) is 6.77. The highest BCUT2D eigenvalue weighted by Gasteiger charge is 2.21. The van der Waals surface area contributed by atoms with E-state index >= 15 is 0 Å². The van der Waals surface area contributed by atoms with Gasteiger partial charge in [0.25, 0.3) is 0 Å². The normalized spacial score (nSPS) is 10.5. The van der Waals surface area contributed by atoms with Crippen molar-refractivity contribution in [3.8, 4) is 0 Å². The standard InChI is InChI=1S/C21H19ClN2O2S3/c1-12-13(2)28-19(18(12)20(25)26-3)24-21(27)23-16-6-4-5-7-17(16)29-15-10-8-14(22)9-11-15/h4-11H,1-3H3,(H2,23,24,27). The molecule has 0 saturated heterocycles. The van der Waals surface area contributed by atoms with Gasteiger partial charge in [0.1, 0.15) is 5.00 Å². The molecule has 2 aromatic carbocycles. The second kappa shape index (κ2) is 9.63. The van der Waals surface area contributed by atoms with Crippen molar-refractivity contribution in [1.82, 2.24) is 0 Å². The van der Waals surface area contributed by atoms with Crippen LogP contribution in [0.15, 0.2) is 58.3 Å². The lowest BCUT2D eigenvalue weighted by Gasteiger charge is -2.14. The van der Waals surface area contributed by atoms with Gasteiger partial charge in [-0.25, -0.2) is 4.79 Å². The molecule has 3 rings (SSSR count). The second-order valence-electron chi connectivity index (χ2n) is 6.11. The number of hydrogen-bond donors (Lipinski definition) is 2. The number of rotatable bonds is 5. The Morgan fingerprint density at radius 3 is 2.48 bits per heavy atom. The fourth-order valence-corrected chi connectivity index (χ4v) is 4.97. The molecule has 0 aliphatic carbocycles. The number of halogens is 1. The van der Waals surface area contributed by atoms with Crippen LogP contribution in [0.2, 0.25) is 5.02 Å². The SMILES string of the molecule is COC(=O)c1c(NC(=S)Nc2ccccc2Sc2ccc(Cl)cc2)sc(C)c1C. The summed E-state index contributed by atoms with van der Waals surface area (Å²) in [5, 5.41) is 8.16. The van der Waals surface area contributed by atoms with Crippen molar-refractivity contribution in [3.05, 3.63) is 69.6 Å². The van der Waals surface area contributed by atoms with E-state index in [9.17, 15) is 4.79 Å². The van der Waals surface area contributed by atoms with Crippen LogP contribution in [0.4, 0.5) is 10.7 Å². The molecule has 1 aromatic heterocycles. The molecule has 0 saturated carbocycles. The minimum atomic E-state index is -0.379. The molecular weight excluding hydrogens is 444 g/mol. The number of carbonyl (C=O) groups excluding carboxylic acids is 1. The van der Waals surface area contributed by atoms with Gasteiger partial charge in [-0.15, -0.1) is 11.3 Å². The summed E-state index contributed by atoms with van der Waals surface area (Å²) in [5.74, 6) is -0.379. The van der Waals surface area contributed by atoms with Crippen LogP contribution in [0.1, 0.15) is 20.8 Å². The third-order valence-corrected chi connectivity index (χ3v) is 6.84. The van der Waals surface area contributed by atoms with Crippen LogP contribution >= 0.6 is 46.9 Å². The maximum Gasteiger partial charge on any atom is 0.341 e. The number of para-hydroxylation sites is 1. The Morgan fingerprint density at radius 1 is 1.10 bits per heavy atom. The summed E-state index contributed by atoms with van der Waals surface area (Å²) in [4.78, 5) is 15.3. The molecule has 0 aliphatic rings. The fourth-order valence-electron chi connectivity index (χ4n) is 2.61. The summed E-state index contributed by atoms with van der Waals surface area (Å²) in [6.07, 6.45) is 0. The zero-order valence-corrected chi connectivity index (χ0v) is 19.2. The molecule has 1 heterocycles. The number of hydrogen-bond acceptors (Lipinski definition) is 5. The Kier molecular flexibility index (Phi) is 7.18. The highest BCUT2D eigenvalue weighted by atomic mass is 35.5. The van der Waals surface area contributed by atoms with E-state index in [1.807, 2.05) is 62.4 Å². The molecule has 2 N–H and O–H groups in total. The molecule has 150 valence electrons. The van der Waals surface area contributed by atoms with E-state index in [1.165, 1.54) is 18.4 Å². The Balaban J connectivity index is 1.78. The molecule has 0 unspecified atom stereocenters. The summed E-state index contributed by atoms with van der Waals surface area (Å²) in [7, 11) is 1.37. The molecule has 0 amide bonds. The van der Waals surface area contributed by atoms with Gasteiger partial charge in [0.05, 0.1) is 18.4 Å². The molecule has 0 spiro atoms. The summed E-state index contributed by atoms with van der Waals surface area (Å²) in [6, 6.07) is 15.6. The van der Waals surface area contributed by atoms with E-state index in [2.05, 4.69) is 10.6 Å². The van der Waals surface area contributed by atoms with Crippen molar-refractivity contribution in [2.45, 2.75) is 23.6 Å². The largest absolute Gasteiger partial charge is 0.465 e. The van der Waals surface area contributed by atoms with Crippen LogP contribution in [-0.2, 0) is 4.74 Å². The van der Waals surface area contributed by atoms with Crippen LogP contribution < -0.4 is 10.6 Å². The number of carbonyl (C=O) groups is 1. The van der Waals surface area contributed by atoms with E-state index in [-0.39, 0.29) is 5.97 Å². The highest BCUT2D eigenvalue weighted by molar-refractivity contribution is 7.99. The van der Waals surface area contributed by atoms with E-state index in [0.717, 1.165) is 25.9 Å². The lowest BCUT2D eigenvalue weighted by molar-refractivity contribution is 0.0601. The number of methoxy groups -OCH3 is 1. The summed E-state index contributed by atoms with van der Waals surface area (Å²) < 4.78 is 4.92. The third-order valence-electron chi connectivity index (χ3n) is 4.18. The molecule has 0 atom stereocenters. The van der Waals surface area contributed by atoms with Crippen LogP contribution in [-0.4, -0.2) is 18.2 Å². The van der Waals surface area contributed by atoms with Crippen molar-refractivity contribution in [1.29, 1.82) is 0 Å². The molecular formula is C21H19ClN2O2S3. The van der Waals surface area contributed by atoms with E-state index in [4.69, 9.17) is 28.6 Å². The average Bonchev–Trinajstić information content (AvgIpc) is 2.97. The Hall–Kier alpha value is -2.06. The van der Waals surface area contributed by atoms with Crippen molar-refractivity contribution < 1.29 is 9.53 Å². The number of aryl methyl sites for hydroxylation is 1. The summed E-state index contributed by atoms with van der Waals surface area (Å²) >= 11 is 14.6. The number of thiocarbonyl (C=S) groups is 1. The van der Waals surface area contributed by atoms with Gasteiger partial charge < -0.3 is 15.4 Å². The molecule has 0 aliphatic heterocycles. The first-order chi connectivity index (χ1) is 13.9. The first kappa shape index (κ1) is 21.6. The molecule has 3 aromatic rings. The zero-order chi connectivity index (χ0) is 21.0. The van der Waals surface area contributed by atoms with Crippen molar-refractivity contribution in [3.63, 3.8) is 0 Å². The fraction of sp³-hybridized carbons (Fsp3) is 0.143. The van der Waals surface area contributed by atoms with Gasteiger partial charge in [-0.2, -0.15) is 0 Å². The van der Waals surface area contributed by atoms with E-state index in [0.29, 0.717) is 20.7 Å². The van der Waals surface area contributed by atoms with Crippen LogP contribution in [0.3, 0.4) is 0 Å². The van der Waals surface area contributed by atoms with Gasteiger partial charge in [-0.1, -0.05) is 35.5 Å². The number of anilines is 2. The molecule has 0 fully saturated rings. The van der Waals surface area contributed by atoms with Crippen LogP contribution in [0, 0.1) is 13.8 Å². The number of nitrogens with one attached hydrogen (secondary N) is 2. The first-order valence-corrected chi connectivity index (χ1v) is 11.1. The molecule has 0 radical (unpaired) electrons. The minimum Gasteiger partial charge on any atom is -0.465 e. The van der Waals surface area contributed by atoms with Gasteiger partial charge >= 0.3 is 5.97 Å². The Morgan fingerprint density at radius 2 is 1.79 bits per heavy atom. The molecule has 0 bridgehead atoms. The van der Waals surface area contributed by atoms with Crippen LogP contribution in [0.5, 0.6) is 0 Å².